The molecule has 1 aromatic rings. The lowest BCUT2D eigenvalue weighted by Crippen LogP contribution is -2.32. The lowest BCUT2D eigenvalue weighted by atomic mass is 9.93. The molecule has 4 heteroatoms. The molecule has 0 aliphatic rings. The summed E-state index contributed by atoms with van der Waals surface area (Å²) in [6.07, 6.45) is 0. The van der Waals surface area contributed by atoms with E-state index >= 15 is 0 Å². The second-order valence-corrected chi connectivity index (χ2v) is 5.07. The van der Waals surface area contributed by atoms with Gasteiger partial charge in [0.1, 0.15) is 0 Å². The summed E-state index contributed by atoms with van der Waals surface area (Å²) in [5.41, 5.74) is 12.9. The van der Waals surface area contributed by atoms with Gasteiger partial charge in [0.15, 0.2) is 0 Å². The first kappa shape index (κ1) is 15.5. The van der Waals surface area contributed by atoms with Crippen molar-refractivity contribution in [2.24, 2.45) is 5.73 Å². The van der Waals surface area contributed by atoms with Gasteiger partial charge in [-0.2, -0.15) is 0 Å². The molecule has 0 saturated heterocycles. The molecule has 0 unspecified atom stereocenters. The van der Waals surface area contributed by atoms with Crippen LogP contribution >= 0.6 is 0 Å². The first-order chi connectivity index (χ1) is 8.86. The van der Waals surface area contributed by atoms with Gasteiger partial charge in [-0.05, 0) is 62.4 Å². The van der Waals surface area contributed by atoms with Gasteiger partial charge in [-0.3, -0.25) is 4.79 Å². The Morgan fingerprint density at radius 1 is 0.895 bits per heavy atom. The average molecular weight is 263 g/mol. The van der Waals surface area contributed by atoms with E-state index in [2.05, 4.69) is 45.3 Å². The third-order valence-electron chi connectivity index (χ3n) is 3.90. The minimum absolute atomic E-state index is 0.228. The van der Waals surface area contributed by atoms with Crippen LogP contribution in [-0.4, -0.2) is 25.5 Å². The summed E-state index contributed by atoms with van der Waals surface area (Å²) < 4.78 is 0. The molecule has 0 aliphatic heterocycles. The van der Waals surface area contributed by atoms with Crippen LogP contribution in [0.15, 0.2) is 0 Å². The summed E-state index contributed by atoms with van der Waals surface area (Å²) >= 11 is 0. The molecule has 1 aromatic carbocycles. The molecule has 0 saturated carbocycles. The first-order valence-electron chi connectivity index (χ1n) is 6.66. The zero-order valence-corrected chi connectivity index (χ0v) is 12.6. The van der Waals surface area contributed by atoms with E-state index in [1.165, 1.54) is 33.5 Å². The predicted octanol–water partition coefficient (Wildman–Crippen LogP) is 1.72. The van der Waals surface area contributed by atoms with Gasteiger partial charge in [0.2, 0.25) is 5.91 Å². The molecule has 0 aromatic heterocycles. The topological polar surface area (TPSA) is 67.2 Å². The zero-order valence-electron chi connectivity index (χ0n) is 12.6. The smallest absolute Gasteiger partial charge is 0.231 e. The fraction of sp³-hybridized carbons (Fsp3) is 0.533. The molecular weight excluding hydrogens is 238 g/mol. The van der Waals surface area contributed by atoms with Crippen molar-refractivity contribution in [1.82, 2.24) is 5.32 Å². The van der Waals surface area contributed by atoms with Crippen LogP contribution < -0.4 is 16.4 Å². The third-order valence-corrected chi connectivity index (χ3v) is 3.90. The summed E-state index contributed by atoms with van der Waals surface area (Å²) in [4.78, 5) is 10.6. The van der Waals surface area contributed by atoms with Gasteiger partial charge in [-0.1, -0.05) is 0 Å². The number of benzene rings is 1. The first-order valence-corrected chi connectivity index (χ1v) is 6.66. The Balaban J connectivity index is 2.71. The highest BCUT2D eigenvalue weighted by atomic mass is 16.1. The Kier molecular flexibility index (Phi) is 5.36. The molecule has 19 heavy (non-hydrogen) atoms. The molecule has 0 spiro atoms. The van der Waals surface area contributed by atoms with Crippen LogP contribution in [-0.2, 0) is 4.79 Å². The molecule has 0 fully saturated rings. The lowest BCUT2D eigenvalue weighted by Gasteiger charge is -2.20. The van der Waals surface area contributed by atoms with Crippen LogP contribution in [0.3, 0.4) is 0 Å². The summed E-state index contributed by atoms with van der Waals surface area (Å²) in [5.74, 6) is -0.325. The van der Waals surface area contributed by atoms with Crippen molar-refractivity contribution in [3.05, 3.63) is 27.8 Å². The molecule has 0 aliphatic carbocycles. The van der Waals surface area contributed by atoms with Gasteiger partial charge >= 0.3 is 0 Å². The monoisotopic (exact) mass is 263 g/mol. The molecule has 0 radical (unpaired) electrons. The Labute approximate surface area is 115 Å². The number of anilines is 1. The number of carbonyl (C=O) groups excluding carboxylic acids is 1. The molecule has 1 amide bonds. The average Bonchev–Trinajstić information content (AvgIpc) is 2.37. The maximum atomic E-state index is 10.6. The maximum Gasteiger partial charge on any atom is 0.231 e. The van der Waals surface area contributed by atoms with Crippen LogP contribution in [0.2, 0.25) is 0 Å². The molecule has 1 rings (SSSR count). The van der Waals surface area contributed by atoms with Crippen molar-refractivity contribution in [3.63, 3.8) is 0 Å². The van der Waals surface area contributed by atoms with Crippen molar-refractivity contribution in [2.75, 3.05) is 25.0 Å². The largest absolute Gasteiger partial charge is 0.383 e. The number of amides is 1. The second kappa shape index (κ2) is 6.57. The SMILES string of the molecule is Cc1c(C)c(C)c(NCCNCC(N)=O)c(C)c1C. The number of nitrogens with two attached hydrogens (primary N) is 1. The van der Waals surface area contributed by atoms with E-state index in [0.29, 0.717) is 6.54 Å². The van der Waals surface area contributed by atoms with Gasteiger partial charge in [0.05, 0.1) is 6.54 Å². The minimum atomic E-state index is -0.325. The standard InChI is InChI=1S/C15H25N3O/c1-9-10(2)12(4)15(13(5)11(9)3)18-7-6-17-8-14(16)19/h17-18H,6-8H2,1-5H3,(H2,16,19). The zero-order chi connectivity index (χ0) is 14.6. The van der Waals surface area contributed by atoms with Gasteiger partial charge in [0, 0.05) is 18.8 Å². The Bertz CT molecular complexity index is 452. The fourth-order valence-corrected chi connectivity index (χ4v) is 2.25. The molecule has 0 heterocycles. The minimum Gasteiger partial charge on any atom is -0.383 e. The molecule has 106 valence electrons. The number of hydrogen-bond acceptors (Lipinski definition) is 3. The van der Waals surface area contributed by atoms with Gasteiger partial charge < -0.3 is 16.4 Å². The summed E-state index contributed by atoms with van der Waals surface area (Å²) in [6.45, 7) is 12.5. The lowest BCUT2D eigenvalue weighted by molar-refractivity contribution is -0.117. The van der Waals surface area contributed by atoms with E-state index in [-0.39, 0.29) is 12.5 Å². The number of rotatable bonds is 6. The Morgan fingerprint density at radius 2 is 1.37 bits per heavy atom. The van der Waals surface area contributed by atoms with Crippen LogP contribution in [0.25, 0.3) is 0 Å². The van der Waals surface area contributed by atoms with E-state index in [9.17, 15) is 4.79 Å². The third kappa shape index (κ3) is 3.70. The summed E-state index contributed by atoms with van der Waals surface area (Å²) in [6, 6.07) is 0. The summed E-state index contributed by atoms with van der Waals surface area (Å²) in [5, 5.41) is 6.45. The normalized spacial score (nSPS) is 10.6. The van der Waals surface area contributed by atoms with Gasteiger partial charge in [-0.15, -0.1) is 0 Å². The van der Waals surface area contributed by atoms with Crippen LogP contribution in [0.4, 0.5) is 5.69 Å². The maximum absolute atomic E-state index is 10.6. The molecule has 4 nitrogen and oxygen atoms in total. The molecule has 0 bridgehead atoms. The van der Waals surface area contributed by atoms with Gasteiger partial charge in [0.25, 0.3) is 0 Å². The van der Waals surface area contributed by atoms with Crippen molar-refractivity contribution in [3.8, 4) is 0 Å². The molecular formula is C15H25N3O. The van der Waals surface area contributed by atoms with Crippen LogP contribution in [0.5, 0.6) is 0 Å². The number of carbonyl (C=O) groups is 1. The highest BCUT2D eigenvalue weighted by Crippen LogP contribution is 2.29. The molecule has 0 atom stereocenters. The van der Waals surface area contributed by atoms with Crippen molar-refractivity contribution < 1.29 is 4.79 Å². The number of primary amides is 1. The quantitative estimate of drug-likeness (QED) is 0.685. The van der Waals surface area contributed by atoms with Crippen LogP contribution in [0, 0.1) is 34.6 Å². The Morgan fingerprint density at radius 3 is 1.84 bits per heavy atom. The predicted molar refractivity (Wildman–Crippen MR) is 80.7 cm³/mol. The van der Waals surface area contributed by atoms with E-state index in [1.807, 2.05) is 0 Å². The van der Waals surface area contributed by atoms with E-state index in [1.54, 1.807) is 0 Å². The highest BCUT2D eigenvalue weighted by Gasteiger charge is 2.11. The van der Waals surface area contributed by atoms with Crippen molar-refractivity contribution in [2.45, 2.75) is 34.6 Å². The van der Waals surface area contributed by atoms with E-state index in [0.717, 1.165) is 6.54 Å². The Hall–Kier alpha value is -1.55. The fourth-order valence-electron chi connectivity index (χ4n) is 2.25. The van der Waals surface area contributed by atoms with Crippen LogP contribution in [0.1, 0.15) is 27.8 Å². The summed E-state index contributed by atoms with van der Waals surface area (Å²) in [7, 11) is 0. The second-order valence-electron chi connectivity index (χ2n) is 5.07. The van der Waals surface area contributed by atoms with E-state index in [4.69, 9.17) is 5.73 Å². The molecule has 4 N–H and O–H groups in total. The van der Waals surface area contributed by atoms with E-state index < -0.39 is 0 Å². The highest BCUT2D eigenvalue weighted by molar-refractivity contribution is 5.75. The van der Waals surface area contributed by atoms with Crippen molar-refractivity contribution in [1.29, 1.82) is 0 Å². The number of nitrogens with one attached hydrogen (secondary N) is 2. The van der Waals surface area contributed by atoms with Crippen molar-refractivity contribution >= 4 is 11.6 Å². The number of hydrogen-bond donors (Lipinski definition) is 3. The van der Waals surface area contributed by atoms with Gasteiger partial charge in [-0.25, -0.2) is 0 Å².